The summed E-state index contributed by atoms with van der Waals surface area (Å²) in [7, 11) is 0. The molecule has 1 amide bonds. The van der Waals surface area contributed by atoms with E-state index in [-0.39, 0.29) is 5.91 Å². The third-order valence-electron chi connectivity index (χ3n) is 2.79. The van der Waals surface area contributed by atoms with Gasteiger partial charge in [0.25, 0.3) is 5.91 Å². The Hall–Kier alpha value is -2.08. The van der Waals surface area contributed by atoms with Gasteiger partial charge < -0.3 is 15.8 Å². The van der Waals surface area contributed by atoms with Gasteiger partial charge >= 0.3 is 0 Å². The number of hydrogen-bond acceptors (Lipinski definition) is 4. The van der Waals surface area contributed by atoms with Crippen molar-refractivity contribution in [3.05, 3.63) is 46.1 Å². The second-order valence-electron chi connectivity index (χ2n) is 4.50. The van der Waals surface area contributed by atoms with E-state index in [4.69, 9.17) is 10.5 Å². The summed E-state index contributed by atoms with van der Waals surface area (Å²) in [4.78, 5) is 16.4. The molecular formula is C15H16BrN3O2. The molecule has 110 valence electrons. The van der Waals surface area contributed by atoms with Crippen molar-refractivity contribution >= 4 is 33.3 Å². The lowest BCUT2D eigenvalue weighted by Crippen LogP contribution is -2.13. The largest absolute Gasteiger partial charge is 0.494 e. The molecule has 0 radical (unpaired) electrons. The number of nitrogen functional groups attached to an aromatic ring is 1. The van der Waals surface area contributed by atoms with E-state index in [1.807, 2.05) is 13.8 Å². The molecule has 0 aliphatic heterocycles. The van der Waals surface area contributed by atoms with Crippen LogP contribution in [-0.2, 0) is 0 Å². The van der Waals surface area contributed by atoms with Gasteiger partial charge in [0, 0.05) is 28.0 Å². The van der Waals surface area contributed by atoms with Crippen LogP contribution in [0, 0.1) is 6.92 Å². The fourth-order valence-corrected chi connectivity index (χ4v) is 2.02. The highest BCUT2D eigenvalue weighted by molar-refractivity contribution is 9.10. The molecule has 0 saturated carbocycles. The molecule has 1 aromatic heterocycles. The minimum absolute atomic E-state index is 0.280. The summed E-state index contributed by atoms with van der Waals surface area (Å²) in [6, 6.07) is 6.73. The van der Waals surface area contributed by atoms with Crippen molar-refractivity contribution in [3.8, 4) is 5.75 Å². The summed E-state index contributed by atoms with van der Waals surface area (Å²) in [5.74, 6) is 0.779. The molecule has 2 rings (SSSR count). The Labute approximate surface area is 131 Å². The third-order valence-corrected chi connectivity index (χ3v) is 3.62. The molecule has 0 saturated heterocycles. The highest BCUT2D eigenvalue weighted by atomic mass is 79.9. The summed E-state index contributed by atoms with van der Waals surface area (Å²) in [5.41, 5.74) is 7.68. The number of nitrogens with two attached hydrogens (primary N) is 1. The minimum Gasteiger partial charge on any atom is -0.494 e. The lowest BCUT2D eigenvalue weighted by molar-refractivity contribution is 0.102. The number of nitrogens with one attached hydrogen (secondary N) is 1. The topological polar surface area (TPSA) is 77.2 Å². The van der Waals surface area contributed by atoms with Gasteiger partial charge in [-0.05, 0) is 53.5 Å². The number of carbonyl (C=O) groups is 1. The first-order valence-corrected chi connectivity index (χ1v) is 7.25. The van der Waals surface area contributed by atoms with Crippen molar-refractivity contribution in [3.63, 3.8) is 0 Å². The zero-order valence-electron chi connectivity index (χ0n) is 11.8. The highest BCUT2D eigenvalue weighted by Crippen LogP contribution is 2.21. The summed E-state index contributed by atoms with van der Waals surface area (Å²) < 4.78 is 6.27. The Kier molecular flexibility index (Phi) is 4.80. The molecule has 3 N–H and O–H groups in total. The van der Waals surface area contributed by atoms with E-state index >= 15 is 0 Å². The monoisotopic (exact) mass is 349 g/mol. The van der Waals surface area contributed by atoms with Gasteiger partial charge in [0.2, 0.25) is 0 Å². The molecule has 2 aromatic rings. The molecule has 0 fully saturated rings. The predicted octanol–water partition coefficient (Wildman–Crippen LogP) is 3.39. The van der Waals surface area contributed by atoms with Gasteiger partial charge in [-0.25, -0.2) is 4.98 Å². The molecule has 6 heteroatoms. The van der Waals surface area contributed by atoms with Crippen molar-refractivity contribution in [1.29, 1.82) is 0 Å². The third kappa shape index (κ3) is 3.95. The standard InChI is InChI=1S/C15H16BrN3O2/c1-3-21-12-6-10(5-11(17)7-12)15(20)19-14-4-9(2)13(16)8-18-14/h4-8H,3,17H2,1-2H3,(H,18,19,20). The van der Waals surface area contributed by atoms with Crippen LogP contribution in [0.25, 0.3) is 0 Å². The van der Waals surface area contributed by atoms with Crippen LogP contribution in [0.4, 0.5) is 11.5 Å². The molecule has 0 spiro atoms. The van der Waals surface area contributed by atoms with Gasteiger partial charge in [-0.1, -0.05) is 0 Å². The van der Waals surface area contributed by atoms with Crippen LogP contribution in [0.15, 0.2) is 34.9 Å². The second kappa shape index (κ2) is 6.58. The average molecular weight is 350 g/mol. The van der Waals surface area contributed by atoms with E-state index < -0.39 is 0 Å². The van der Waals surface area contributed by atoms with E-state index in [0.717, 1.165) is 10.0 Å². The van der Waals surface area contributed by atoms with Crippen LogP contribution in [0.1, 0.15) is 22.8 Å². The number of rotatable bonds is 4. The Morgan fingerprint density at radius 3 is 2.81 bits per heavy atom. The number of halogens is 1. The number of aromatic nitrogens is 1. The fourth-order valence-electron chi connectivity index (χ4n) is 1.80. The van der Waals surface area contributed by atoms with Gasteiger partial charge in [0.1, 0.15) is 11.6 Å². The van der Waals surface area contributed by atoms with Crippen molar-refractivity contribution < 1.29 is 9.53 Å². The van der Waals surface area contributed by atoms with Crippen LogP contribution in [-0.4, -0.2) is 17.5 Å². The van der Waals surface area contributed by atoms with Crippen LogP contribution in [0.5, 0.6) is 5.75 Å². The van der Waals surface area contributed by atoms with Gasteiger partial charge in [-0.15, -0.1) is 0 Å². The van der Waals surface area contributed by atoms with Crippen molar-refractivity contribution in [2.45, 2.75) is 13.8 Å². The number of pyridine rings is 1. The van der Waals surface area contributed by atoms with Gasteiger partial charge in [-0.2, -0.15) is 0 Å². The molecule has 21 heavy (non-hydrogen) atoms. The van der Waals surface area contributed by atoms with Crippen molar-refractivity contribution in [2.75, 3.05) is 17.7 Å². The first-order valence-electron chi connectivity index (χ1n) is 6.46. The lowest BCUT2D eigenvalue weighted by atomic mass is 10.1. The van der Waals surface area contributed by atoms with E-state index in [1.54, 1.807) is 30.5 Å². The van der Waals surface area contributed by atoms with E-state index in [1.165, 1.54) is 0 Å². The zero-order valence-corrected chi connectivity index (χ0v) is 13.4. The summed E-state index contributed by atoms with van der Waals surface area (Å²) in [6.45, 7) is 4.31. The number of anilines is 2. The molecule has 1 aromatic carbocycles. The van der Waals surface area contributed by atoms with Crippen molar-refractivity contribution in [2.24, 2.45) is 0 Å². The van der Waals surface area contributed by atoms with Crippen molar-refractivity contribution in [1.82, 2.24) is 4.98 Å². The maximum atomic E-state index is 12.2. The molecule has 5 nitrogen and oxygen atoms in total. The number of nitrogens with zero attached hydrogens (tertiary/aromatic N) is 1. The Bertz CT molecular complexity index is 674. The lowest BCUT2D eigenvalue weighted by Gasteiger charge is -2.09. The summed E-state index contributed by atoms with van der Waals surface area (Å²) >= 11 is 3.37. The van der Waals surface area contributed by atoms with Crippen LogP contribution in [0.2, 0.25) is 0 Å². The Morgan fingerprint density at radius 1 is 1.38 bits per heavy atom. The predicted molar refractivity (Wildman–Crippen MR) is 86.7 cm³/mol. The summed E-state index contributed by atoms with van der Waals surface area (Å²) in [5, 5.41) is 2.74. The number of ether oxygens (including phenoxy) is 1. The SMILES string of the molecule is CCOc1cc(N)cc(C(=O)Nc2cc(C)c(Br)cn2)c1. The normalized spacial score (nSPS) is 10.2. The van der Waals surface area contributed by atoms with Gasteiger partial charge in [0.15, 0.2) is 0 Å². The molecule has 0 atom stereocenters. The number of amides is 1. The number of carbonyl (C=O) groups excluding carboxylic acids is 1. The highest BCUT2D eigenvalue weighted by Gasteiger charge is 2.10. The summed E-state index contributed by atoms with van der Waals surface area (Å²) in [6.07, 6.45) is 1.65. The molecule has 0 aliphatic carbocycles. The molecular weight excluding hydrogens is 334 g/mol. The molecule has 0 aliphatic rings. The average Bonchev–Trinajstić information content (AvgIpc) is 2.42. The Balaban J connectivity index is 2.21. The quantitative estimate of drug-likeness (QED) is 0.829. The smallest absolute Gasteiger partial charge is 0.257 e. The van der Waals surface area contributed by atoms with E-state index in [0.29, 0.717) is 29.4 Å². The van der Waals surface area contributed by atoms with E-state index in [2.05, 4.69) is 26.2 Å². The van der Waals surface area contributed by atoms with Crippen LogP contribution >= 0.6 is 15.9 Å². The molecule has 1 heterocycles. The maximum absolute atomic E-state index is 12.2. The first kappa shape index (κ1) is 15.3. The fraction of sp³-hybridized carbons (Fsp3) is 0.200. The van der Waals surface area contributed by atoms with Gasteiger partial charge in [0.05, 0.1) is 6.61 Å². The maximum Gasteiger partial charge on any atom is 0.257 e. The second-order valence-corrected chi connectivity index (χ2v) is 5.35. The Morgan fingerprint density at radius 2 is 2.14 bits per heavy atom. The first-order chi connectivity index (χ1) is 9.99. The van der Waals surface area contributed by atoms with Gasteiger partial charge in [-0.3, -0.25) is 4.79 Å². The van der Waals surface area contributed by atoms with E-state index in [9.17, 15) is 4.79 Å². The van der Waals surface area contributed by atoms with Crippen LogP contribution in [0.3, 0.4) is 0 Å². The number of aryl methyl sites for hydroxylation is 1. The molecule has 0 unspecified atom stereocenters. The zero-order chi connectivity index (χ0) is 15.4. The minimum atomic E-state index is -0.280. The van der Waals surface area contributed by atoms with Crippen LogP contribution < -0.4 is 15.8 Å². The number of hydrogen-bond donors (Lipinski definition) is 2. The number of benzene rings is 1. The molecule has 0 bridgehead atoms.